The summed E-state index contributed by atoms with van der Waals surface area (Å²) in [5.74, 6) is -7.42. The Kier molecular flexibility index (Phi) is 7.07. The predicted octanol–water partition coefficient (Wildman–Crippen LogP) is 3.86. The molecule has 0 aliphatic heterocycles. The van der Waals surface area contributed by atoms with Gasteiger partial charge < -0.3 is 10.4 Å². The third kappa shape index (κ3) is 5.26. The lowest BCUT2D eigenvalue weighted by Gasteiger charge is -2.15. The fourth-order valence-electron chi connectivity index (χ4n) is 3.03. The van der Waals surface area contributed by atoms with Crippen molar-refractivity contribution in [2.45, 2.75) is 13.3 Å². The van der Waals surface area contributed by atoms with Crippen molar-refractivity contribution in [3.63, 3.8) is 0 Å². The molecule has 13 heteroatoms. The van der Waals surface area contributed by atoms with E-state index in [0.29, 0.717) is 5.56 Å². The second kappa shape index (κ2) is 9.65. The van der Waals surface area contributed by atoms with Crippen molar-refractivity contribution in [1.29, 1.82) is 0 Å². The summed E-state index contributed by atoms with van der Waals surface area (Å²) in [4.78, 5) is 15.3. The number of anilines is 3. The topological polar surface area (TPSA) is 120 Å². The lowest BCUT2D eigenvalue weighted by atomic mass is 10.00. The molecule has 1 aromatic heterocycles. The maximum Gasteiger partial charge on any atom is 0.337 e. The third-order valence-electron chi connectivity index (χ3n) is 4.75. The molecule has 3 rings (SSSR count). The number of halogens is 4. The number of aromatic carboxylic acids is 1. The highest BCUT2D eigenvalue weighted by molar-refractivity contribution is 7.90. The number of nitrogens with zero attached hydrogens (tertiary/aromatic N) is 1. The molecule has 0 bridgehead atoms. The lowest BCUT2D eigenvalue weighted by Crippen LogP contribution is -2.27. The van der Waals surface area contributed by atoms with Crippen molar-refractivity contribution in [3.05, 3.63) is 82.1 Å². The summed E-state index contributed by atoms with van der Waals surface area (Å²) >= 11 is 0. The van der Waals surface area contributed by atoms with Crippen LogP contribution in [0, 0.1) is 30.2 Å². The van der Waals surface area contributed by atoms with Gasteiger partial charge in [-0.1, -0.05) is 6.07 Å². The fourth-order valence-corrected chi connectivity index (χ4v) is 3.53. The molecule has 34 heavy (non-hydrogen) atoms. The van der Waals surface area contributed by atoms with Crippen molar-refractivity contribution >= 4 is 33.4 Å². The number of benzene rings is 2. The maximum absolute atomic E-state index is 14.9. The summed E-state index contributed by atoms with van der Waals surface area (Å²) in [6.07, 6.45) is 0.402. The zero-order valence-electron chi connectivity index (χ0n) is 17.7. The van der Waals surface area contributed by atoms with Gasteiger partial charge in [-0.3, -0.25) is 4.72 Å². The average Bonchev–Trinajstić information content (AvgIpc) is 2.77. The summed E-state index contributed by atoms with van der Waals surface area (Å²) < 4.78 is 85.6. The van der Waals surface area contributed by atoms with Crippen molar-refractivity contribution in [2.75, 3.05) is 17.1 Å². The molecule has 3 aromatic rings. The number of hydrogen-bond donors (Lipinski definition) is 4. The number of aromatic nitrogens is 1. The van der Waals surface area contributed by atoms with Crippen LogP contribution in [0.5, 0.6) is 0 Å². The van der Waals surface area contributed by atoms with Crippen LogP contribution in [0.15, 0.2) is 36.5 Å². The molecule has 0 spiro atoms. The summed E-state index contributed by atoms with van der Waals surface area (Å²) in [6.45, 7) is 1.61. The van der Waals surface area contributed by atoms with Gasteiger partial charge in [0.25, 0.3) is 10.2 Å². The van der Waals surface area contributed by atoms with Crippen LogP contribution in [0.1, 0.15) is 27.0 Å². The fraction of sp³-hybridized carbons (Fsp3) is 0.143. The van der Waals surface area contributed by atoms with Crippen LogP contribution >= 0.6 is 0 Å². The van der Waals surface area contributed by atoms with E-state index in [9.17, 15) is 35.9 Å². The highest BCUT2D eigenvalue weighted by Gasteiger charge is 2.24. The van der Waals surface area contributed by atoms with E-state index in [-0.39, 0.29) is 11.3 Å². The van der Waals surface area contributed by atoms with Gasteiger partial charge in [0.15, 0.2) is 23.3 Å². The van der Waals surface area contributed by atoms with Crippen LogP contribution in [0.4, 0.5) is 34.8 Å². The Morgan fingerprint density at radius 3 is 2.35 bits per heavy atom. The van der Waals surface area contributed by atoms with Crippen LogP contribution in [0.3, 0.4) is 0 Å². The largest absolute Gasteiger partial charge is 0.478 e. The number of nitrogens with one attached hydrogen (secondary N) is 3. The predicted molar refractivity (Wildman–Crippen MR) is 116 cm³/mol. The SMILES string of the molecule is CNS(=O)(=O)Nc1nccc(Cc2cc(C(=O)O)c(Nc3ccc(C)cc3F)c(F)c2F)c1F. The normalized spacial score (nSPS) is 11.4. The first kappa shape index (κ1) is 24.9. The Balaban J connectivity index is 2.04. The van der Waals surface area contributed by atoms with Gasteiger partial charge in [0.1, 0.15) is 5.82 Å². The van der Waals surface area contributed by atoms with E-state index in [1.54, 1.807) is 6.92 Å². The first-order chi connectivity index (χ1) is 15.9. The monoisotopic (exact) mass is 498 g/mol. The van der Waals surface area contributed by atoms with Crippen LogP contribution in [-0.2, 0) is 16.6 Å². The second-order valence-corrected chi connectivity index (χ2v) is 8.74. The van der Waals surface area contributed by atoms with Crippen LogP contribution in [-0.4, -0.2) is 31.5 Å². The number of hydrogen-bond acceptors (Lipinski definition) is 5. The molecule has 0 atom stereocenters. The van der Waals surface area contributed by atoms with Gasteiger partial charge in [-0.2, -0.15) is 8.42 Å². The Morgan fingerprint density at radius 1 is 1.03 bits per heavy atom. The Labute approximate surface area is 191 Å². The summed E-state index contributed by atoms with van der Waals surface area (Å²) in [5.41, 5.74) is -2.07. The van der Waals surface area contributed by atoms with Crippen LogP contribution in [0.25, 0.3) is 0 Å². The van der Waals surface area contributed by atoms with E-state index in [0.717, 1.165) is 31.4 Å². The number of rotatable bonds is 8. The number of carbonyl (C=O) groups is 1. The van der Waals surface area contributed by atoms with Gasteiger partial charge in [0, 0.05) is 19.7 Å². The third-order valence-corrected chi connectivity index (χ3v) is 5.75. The van der Waals surface area contributed by atoms with E-state index in [1.807, 2.05) is 9.44 Å². The molecule has 8 nitrogen and oxygen atoms in total. The molecule has 0 radical (unpaired) electrons. The van der Waals surface area contributed by atoms with Gasteiger partial charge in [-0.05, 0) is 47.9 Å². The number of pyridine rings is 1. The van der Waals surface area contributed by atoms with E-state index in [1.165, 1.54) is 12.1 Å². The first-order valence-corrected chi connectivity index (χ1v) is 11.0. The lowest BCUT2D eigenvalue weighted by molar-refractivity contribution is 0.0697. The Morgan fingerprint density at radius 2 is 1.74 bits per heavy atom. The highest BCUT2D eigenvalue weighted by Crippen LogP contribution is 2.32. The van der Waals surface area contributed by atoms with Crippen LogP contribution < -0.4 is 14.8 Å². The molecule has 0 unspecified atom stereocenters. The molecule has 180 valence electrons. The number of aryl methyl sites for hydroxylation is 1. The standard InChI is InChI=1S/C21H18F4N4O4S/c1-10-3-4-15(14(22)7-10)28-19-13(21(30)31)9-12(16(23)18(19)25)8-11-5-6-27-20(17(11)24)29-34(32,33)26-2/h3-7,9,26,28H,8H2,1-2H3,(H,27,29)(H,30,31). The minimum Gasteiger partial charge on any atom is -0.478 e. The smallest absolute Gasteiger partial charge is 0.337 e. The van der Waals surface area contributed by atoms with Gasteiger partial charge in [0.2, 0.25) is 0 Å². The molecular weight excluding hydrogens is 480 g/mol. The zero-order chi connectivity index (χ0) is 25.2. The van der Waals surface area contributed by atoms with E-state index in [2.05, 4.69) is 10.3 Å². The molecule has 0 fully saturated rings. The Hall–Kier alpha value is -3.71. The van der Waals surface area contributed by atoms with Crippen molar-refractivity contribution < 1.29 is 35.9 Å². The summed E-state index contributed by atoms with van der Waals surface area (Å²) in [7, 11) is -3.04. The minimum atomic E-state index is -4.11. The molecule has 2 aromatic carbocycles. The molecule has 0 saturated heterocycles. The van der Waals surface area contributed by atoms with E-state index >= 15 is 0 Å². The van der Waals surface area contributed by atoms with Crippen molar-refractivity contribution in [3.8, 4) is 0 Å². The maximum atomic E-state index is 14.9. The summed E-state index contributed by atoms with van der Waals surface area (Å²) in [6, 6.07) is 5.73. The van der Waals surface area contributed by atoms with Gasteiger partial charge in [-0.25, -0.2) is 32.1 Å². The number of carboxylic acids is 1. The first-order valence-electron chi connectivity index (χ1n) is 9.55. The molecule has 1 heterocycles. The minimum absolute atomic E-state index is 0.277. The Bertz CT molecular complexity index is 1380. The van der Waals surface area contributed by atoms with Crippen molar-refractivity contribution in [2.24, 2.45) is 0 Å². The molecule has 0 amide bonds. The van der Waals surface area contributed by atoms with Crippen LogP contribution in [0.2, 0.25) is 0 Å². The molecule has 0 aliphatic rings. The van der Waals surface area contributed by atoms with E-state index < -0.39 is 68.5 Å². The quantitative estimate of drug-likeness (QED) is 0.350. The molecule has 0 aliphatic carbocycles. The number of carboxylic acid groups (broad SMARTS) is 1. The highest BCUT2D eigenvalue weighted by atomic mass is 32.2. The second-order valence-electron chi connectivity index (χ2n) is 7.12. The zero-order valence-corrected chi connectivity index (χ0v) is 18.5. The van der Waals surface area contributed by atoms with Gasteiger partial charge in [-0.15, -0.1) is 0 Å². The van der Waals surface area contributed by atoms with E-state index in [4.69, 9.17) is 0 Å². The summed E-state index contributed by atoms with van der Waals surface area (Å²) in [5, 5.41) is 11.8. The molecule has 0 saturated carbocycles. The molecular formula is C21H18F4N4O4S. The molecule has 4 N–H and O–H groups in total. The van der Waals surface area contributed by atoms with Gasteiger partial charge in [0.05, 0.1) is 16.9 Å². The van der Waals surface area contributed by atoms with Crippen molar-refractivity contribution in [1.82, 2.24) is 9.71 Å². The average molecular weight is 498 g/mol. The van der Waals surface area contributed by atoms with Gasteiger partial charge >= 0.3 is 5.97 Å².